The molecule has 1 heterocycles. The molecule has 0 spiro atoms. The van der Waals surface area contributed by atoms with Crippen molar-refractivity contribution >= 4 is 27.5 Å². The standard InChI is InChI=1S/C18H16BrN3O/c1-13-6-8-14(9-7-13)11-22-12-15(10-20-22)21-18(23)16-4-2-3-5-17(16)19/h2-10,12H,11H2,1H3,(H,21,23). The highest BCUT2D eigenvalue weighted by atomic mass is 79.9. The molecule has 3 rings (SSSR count). The van der Waals surface area contributed by atoms with Gasteiger partial charge in [0.25, 0.3) is 5.91 Å². The number of benzene rings is 2. The maximum atomic E-state index is 12.3. The highest BCUT2D eigenvalue weighted by Crippen LogP contribution is 2.18. The third-order valence-electron chi connectivity index (χ3n) is 3.47. The Balaban J connectivity index is 1.69. The molecule has 2 aromatic carbocycles. The summed E-state index contributed by atoms with van der Waals surface area (Å²) in [6.45, 7) is 2.73. The molecule has 0 bridgehead atoms. The Morgan fingerprint density at radius 1 is 1.17 bits per heavy atom. The van der Waals surface area contributed by atoms with Crippen LogP contribution in [0.2, 0.25) is 0 Å². The number of carbonyl (C=O) groups is 1. The van der Waals surface area contributed by atoms with Crippen LogP contribution in [-0.2, 0) is 6.54 Å². The van der Waals surface area contributed by atoms with Gasteiger partial charge in [0, 0.05) is 10.7 Å². The predicted molar refractivity (Wildman–Crippen MR) is 94.6 cm³/mol. The average molecular weight is 370 g/mol. The summed E-state index contributed by atoms with van der Waals surface area (Å²) in [4.78, 5) is 12.3. The van der Waals surface area contributed by atoms with Crippen LogP contribution < -0.4 is 5.32 Å². The van der Waals surface area contributed by atoms with Gasteiger partial charge in [-0.1, -0.05) is 42.0 Å². The molecule has 0 fully saturated rings. The Labute approximate surface area is 143 Å². The fourth-order valence-corrected chi connectivity index (χ4v) is 2.70. The number of anilines is 1. The van der Waals surface area contributed by atoms with Gasteiger partial charge < -0.3 is 5.32 Å². The summed E-state index contributed by atoms with van der Waals surface area (Å²) in [7, 11) is 0. The molecule has 0 saturated carbocycles. The molecule has 0 saturated heterocycles. The van der Waals surface area contributed by atoms with Crippen molar-refractivity contribution in [2.45, 2.75) is 13.5 Å². The van der Waals surface area contributed by atoms with Crippen molar-refractivity contribution in [3.05, 3.63) is 82.1 Å². The van der Waals surface area contributed by atoms with Crippen LogP contribution in [0.5, 0.6) is 0 Å². The van der Waals surface area contributed by atoms with Crippen LogP contribution in [0.15, 0.2) is 65.4 Å². The number of aromatic nitrogens is 2. The molecule has 0 aliphatic rings. The van der Waals surface area contributed by atoms with Crippen LogP contribution in [0.25, 0.3) is 0 Å². The maximum absolute atomic E-state index is 12.3. The Kier molecular flexibility index (Phi) is 4.57. The number of nitrogens with one attached hydrogen (secondary N) is 1. The summed E-state index contributed by atoms with van der Waals surface area (Å²) in [5.74, 6) is -0.160. The van der Waals surface area contributed by atoms with Crippen molar-refractivity contribution in [3.63, 3.8) is 0 Å². The number of nitrogens with zero attached hydrogens (tertiary/aromatic N) is 2. The Morgan fingerprint density at radius 2 is 1.91 bits per heavy atom. The normalized spacial score (nSPS) is 10.5. The van der Waals surface area contributed by atoms with Crippen molar-refractivity contribution in [3.8, 4) is 0 Å². The van der Waals surface area contributed by atoms with Crippen molar-refractivity contribution in [1.29, 1.82) is 0 Å². The molecule has 0 aliphatic heterocycles. The molecule has 0 radical (unpaired) electrons. The summed E-state index contributed by atoms with van der Waals surface area (Å²) < 4.78 is 2.57. The maximum Gasteiger partial charge on any atom is 0.256 e. The molecule has 0 atom stereocenters. The predicted octanol–water partition coefficient (Wildman–Crippen LogP) is 4.25. The van der Waals surface area contributed by atoms with Gasteiger partial charge in [-0.15, -0.1) is 0 Å². The number of aryl methyl sites for hydroxylation is 1. The summed E-state index contributed by atoms with van der Waals surface area (Å²) in [6, 6.07) is 15.6. The Bertz CT molecular complexity index is 824. The Hall–Kier alpha value is -2.40. The van der Waals surface area contributed by atoms with E-state index in [9.17, 15) is 4.79 Å². The highest BCUT2D eigenvalue weighted by molar-refractivity contribution is 9.10. The topological polar surface area (TPSA) is 46.9 Å². The molecule has 5 heteroatoms. The smallest absolute Gasteiger partial charge is 0.256 e. The molecule has 4 nitrogen and oxygen atoms in total. The van der Waals surface area contributed by atoms with E-state index in [2.05, 4.69) is 57.5 Å². The van der Waals surface area contributed by atoms with E-state index in [1.807, 2.05) is 24.4 Å². The summed E-state index contributed by atoms with van der Waals surface area (Å²) in [5.41, 5.74) is 3.68. The van der Waals surface area contributed by atoms with Crippen LogP contribution in [0.3, 0.4) is 0 Å². The molecule has 0 aliphatic carbocycles. The highest BCUT2D eigenvalue weighted by Gasteiger charge is 2.10. The zero-order valence-electron chi connectivity index (χ0n) is 12.7. The lowest BCUT2D eigenvalue weighted by atomic mass is 10.1. The van der Waals surface area contributed by atoms with Gasteiger partial charge in [0.2, 0.25) is 0 Å². The number of hydrogen-bond donors (Lipinski definition) is 1. The van der Waals surface area contributed by atoms with Gasteiger partial charge in [-0.25, -0.2) is 0 Å². The van der Waals surface area contributed by atoms with Crippen LogP contribution in [0.4, 0.5) is 5.69 Å². The average Bonchev–Trinajstić information content (AvgIpc) is 2.97. The van der Waals surface area contributed by atoms with Gasteiger partial charge in [0.1, 0.15) is 0 Å². The minimum atomic E-state index is -0.160. The van der Waals surface area contributed by atoms with Gasteiger partial charge in [-0.2, -0.15) is 5.10 Å². The molecule has 0 unspecified atom stereocenters. The lowest BCUT2D eigenvalue weighted by Crippen LogP contribution is -2.12. The second-order valence-corrected chi connectivity index (χ2v) is 6.20. The molecule has 116 valence electrons. The van der Waals surface area contributed by atoms with E-state index in [1.54, 1.807) is 16.9 Å². The first-order valence-corrected chi connectivity index (χ1v) is 8.05. The van der Waals surface area contributed by atoms with E-state index < -0.39 is 0 Å². The zero-order chi connectivity index (χ0) is 16.2. The first-order valence-electron chi connectivity index (χ1n) is 7.26. The minimum Gasteiger partial charge on any atom is -0.319 e. The van der Waals surface area contributed by atoms with E-state index in [0.29, 0.717) is 17.8 Å². The zero-order valence-corrected chi connectivity index (χ0v) is 14.2. The summed E-state index contributed by atoms with van der Waals surface area (Å²) >= 11 is 3.38. The molecular formula is C18H16BrN3O. The van der Waals surface area contributed by atoms with Crippen molar-refractivity contribution in [2.75, 3.05) is 5.32 Å². The van der Waals surface area contributed by atoms with Crippen LogP contribution in [0.1, 0.15) is 21.5 Å². The van der Waals surface area contributed by atoms with E-state index >= 15 is 0 Å². The SMILES string of the molecule is Cc1ccc(Cn2cc(NC(=O)c3ccccc3Br)cn2)cc1. The third-order valence-corrected chi connectivity index (χ3v) is 4.17. The summed E-state index contributed by atoms with van der Waals surface area (Å²) in [6.07, 6.45) is 3.48. The first kappa shape index (κ1) is 15.5. The second kappa shape index (κ2) is 6.79. The number of carbonyl (C=O) groups excluding carboxylic acids is 1. The lowest BCUT2D eigenvalue weighted by molar-refractivity contribution is 0.102. The molecular weight excluding hydrogens is 354 g/mol. The lowest BCUT2D eigenvalue weighted by Gasteiger charge is -2.04. The van der Waals surface area contributed by atoms with Gasteiger partial charge in [-0.05, 0) is 40.5 Å². The van der Waals surface area contributed by atoms with E-state index in [4.69, 9.17) is 0 Å². The van der Waals surface area contributed by atoms with Crippen molar-refractivity contribution in [2.24, 2.45) is 0 Å². The number of rotatable bonds is 4. The Morgan fingerprint density at radius 3 is 2.65 bits per heavy atom. The third kappa shape index (κ3) is 3.87. The quantitative estimate of drug-likeness (QED) is 0.746. The van der Waals surface area contributed by atoms with Crippen LogP contribution >= 0.6 is 15.9 Å². The monoisotopic (exact) mass is 369 g/mol. The van der Waals surface area contributed by atoms with Gasteiger partial charge >= 0.3 is 0 Å². The molecule has 1 aromatic heterocycles. The largest absolute Gasteiger partial charge is 0.319 e. The number of halogens is 1. The van der Waals surface area contributed by atoms with Gasteiger partial charge in [0.05, 0.1) is 24.0 Å². The van der Waals surface area contributed by atoms with Crippen LogP contribution in [0, 0.1) is 6.92 Å². The molecule has 3 aromatic rings. The van der Waals surface area contributed by atoms with Crippen molar-refractivity contribution in [1.82, 2.24) is 9.78 Å². The van der Waals surface area contributed by atoms with E-state index in [0.717, 1.165) is 4.47 Å². The fourth-order valence-electron chi connectivity index (χ4n) is 2.24. The van der Waals surface area contributed by atoms with Crippen molar-refractivity contribution < 1.29 is 4.79 Å². The van der Waals surface area contributed by atoms with Crippen LogP contribution in [-0.4, -0.2) is 15.7 Å². The number of hydrogen-bond acceptors (Lipinski definition) is 2. The first-order chi connectivity index (χ1) is 11.1. The van der Waals surface area contributed by atoms with Gasteiger partial charge in [0.15, 0.2) is 0 Å². The molecule has 1 N–H and O–H groups in total. The van der Waals surface area contributed by atoms with E-state index in [-0.39, 0.29) is 5.91 Å². The minimum absolute atomic E-state index is 0.160. The van der Waals surface area contributed by atoms with Gasteiger partial charge in [-0.3, -0.25) is 9.48 Å². The molecule has 23 heavy (non-hydrogen) atoms. The summed E-state index contributed by atoms with van der Waals surface area (Å²) in [5, 5.41) is 7.16. The van der Waals surface area contributed by atoms with E-state index in [1.165, 1.54) is 11.1 Å². The fraction of sp³-hybridized carbons (Fsp3) is 0.111. The second-order valence-electron chi connectivity index (χ2n) is 5.35. The molecule has 1 amide bonds. The number of amides is 1.